The highest BCUT2D eigenvalue weighted by atomic mass is 14.9. The van der Waals surface area contributed by atoms with Crippen molar-refractivity contribution in [2.24, 2.45) is 5.92 Å². The van der Waals surface area contributed by atoms with E-state index in [4.69, 9.17) is 0 Å². The van der Waals surface area contributed by atoms with E-state index in [9.17, 15) is 0 Å². The Morgan fingerprint density at radius 1 is 1.38 bits per heavy atom. The van der Waals surface area contributed by atoms with Gasteiger partial charge < -0.3 is 5.32 Å². The van der Waals surface area contributed by atoms with E-state index in [0.717, 1.165) is 12.0 Å². The lowest BCUT2D eigenvalue weighted by molar-refractivity contribution is 0.335. The Bertz CT molecular complexity index is 163. The Morgan fingerprint density at radius 2 is 2.15 bits per heavy atom. The van der Waals surface area contributed by atoms with Gasteiger partial charge in [-0.05, 0) is 32.1 Å². The van der Waals surface area contributed by atoms with Crippen molar-refractivity contribution in [2.75, 3.05) is 0 Å². The van der Waals surface area contributed by atoms with Gasteiger partial charge >= 0.3 is 0 Å². The highest BCUT2D eigenvalue weighted by molar-refractivity contribution is 4.93. The maximum absolute atomic E-state index is 3.72. The molecule has 0 fully saturated rings. The second-order valence-corrected chi connectivity index (χ2v) is 4.32. The smallest absolute Gasteiger partial charge is 0.0107 e. The zero-order chi connectivity index (χ0) is 9.68. The zero-order valence-corrected chi connectivity index (χ0v) is 9.22. The van der Waals surface area contributed by atoms with Crippen LogP contribution in [0.15, 0.2) is 12.2 Å². The second-order valence-electron chi connectivity index (χ2n) is 4.32. The van der Waals surface area contributed by atoms with Gasteiger partial charge in [0.2, 0.25) is 0 Å². The van der Waals surface area contributed by atoms with Crippen LogP contribution in [-0.4, -0.2) is 12.1 Å². The summed E-state index contributed by atoms with van der Waals surface area (Å²) in [4.78, 5) is 0. The van der Waals surface area contributed by atoms with E-state index < -0.39 is 0 Å². The maximum atomic E-state index is 3.72. The van der Waals surface area contributed by atoms with Crippen molar-refractivity contribution in [3.63, 3.8) is 0 Å². The van der Waals surface area contributed by atoms with Crippen molar-refractivity contribution in [1.29, 1.82) is 0 Å². The van der Waals surface area contributed by atoms with Gasteiger partial charge in [-0.1, -0.05) is 32.4 Å². The molecule has 1 heteroatoms. The number of nitrogens with one attached hydrogen (secondary N) is 1. The van der Waals surface area contributed by atoms with E-state index in [1.165, 1.54) is 25.7 Å². The fourth-order valence-corrected chi connectivity index (χ4v) is 1.83. The molecule has 0 aliphatic heterocycles. The molecule has 1 aliphatic carbocycles. The van der Waals surface area contributed by atoms with Crippen LogP contribution in [0.25, 0.3) is 0 Å². The van der Waals surface area contributed by atoms with E-state index in [1.54, 1.807) is 0 Å². The van der Waals surface area contributed by atoms with Crippen molar-refractivity contribution in [3.8, 4) is 0 Å². The molecule has 3 unspecified atom stereocenters. The quantitative estimate of drug-likeness (QED) is 0.657. The van der Waals surface area contributed by atoms with Crippen LogP contribution in [0.4, 0.5) is 0 Å². The van der Waals surface area contributed by atoms with Crippen LogP contribution >= 0.6 is 0 Å². The summed E-state index contributed by atoms with van der Waals surface area (Å²) in [6, 6.07) is 1.40. The maximum Gasteiger partial charge on any atom is 0.0107 e. The summed E-state index contributed by atoms with van der Waals surface area (Å²) in [6.07, 6.45) is 9.68. The monoisotopic (exact) mass is 181 g/mol. The first-order chi connectivity index (χ1) is 6.24. The average molecular weight is 181 g/mol. The molecule has 0 amide bonds. The molecule has 1 nitrogen and oxygen atoms in total. The fourth-order valence-electron chi connectivity index (χ4n) is 1.83. The van der Waals surface area contributed by atoms with E-state index in [1.807, 2.05) is 0 Å². The molecule has 0 saturated heterocycles. The van der Waals surface area contributed by atoms with Crippen LogP contribution < -0.4 is 5.32 Å². The van der Waals surface area contributed by atoms with Gasteiger partial charge in [-0.2, -0.15) is 0 Å². The summed E-state index contributed by atoms with van der Waals surface area (Å²) in [5.74, 6) is 0.797. The van der Waals surface area contributed by atoms with Gasteiger partial charge in [-0.15, -0.1) is 0 Å². The molecule has 0 saturated carbocycles. The van der Waals surface area contributed by atoms with Crippen molar-refractivity contribution in [1.82, 2.24) is 5.32 Å². The summed E-state index contributed by atoms with van der Waals surface area (Å²) in [5, 5.41) is 3.72. The molecule has 0 spiro atoms. The summed E-state index contributed by atoms with van der Waals surface area (Å²) < 4.78 is 0. The first-order valence-corrected chi connectivity index (χ1v) is 5.65. The van der Waals surface area contributed by atoms with Gasteiger partial charge in [0, 0.05) is 12.1 Å². The molecule has 0 radical (unpaired) electrons. The molecule has 1 rings (SSSR count). The highest BCUT2D eigenvalue weighted by Crippen LogP contribution is 2.14. The number of hydrogen-bond donors (Lipinski definition) is 1. The van der Waals surface area contributed by atoms with Crippen molar-refractivity contribution in [3.05, 3.63) is 12.2 Å². The molecule has 0 heterocycles. The minimum absolute atomic E-state index is 0.668. The van der Waals surface area contributed by atoms with Crippen molar-refractivity contribution < 1.29 is 0 Å². The van der Waals surface area contributed by atoms with Gasteiger partial charge in [-0.3, -0.25) is 0 Å². The lowest BCUT2D eigenvalue weighted by atomic mass is 9.96. The topological polar surface area (TPSA) is 12.0 Å². The Kier molecular flexibility index (Phi) is 4.51. The van der Waals surface area contributed by atoms with E-state index in [2.05, 4.69) is 38.2 Å². The normalized spacial score (nSPS) is 27.2. The van der Waals surface area contributed by atoms with Gasteiger partial charge in [0.05, 0.1) is 0 Å². The summed E-state index contributed by atoms with van der Waals surface area (Å²) in [7, 11) is 0. The van der Waals surface area contributed by atoms with Gasteiger partial charge in [0.15, 0.2) is 0 Å². The van der Waals surface area contributed by atoms with Gasteiger partial charge in [0.25, 0.3) is 0 Å². The molecular formula is C12H23N. The summed E-state index contributed by atoms with van der Waals surface area (Å²) in [6.45, 7) is 6.91. The van der Waals surface area contributed by atoms with E-state index in [-0.39, 0.29) is 0 Å². The molecule has 3 atom stereocenters. The Labute approximate surface area is 82.6 Å². The minimum atomic E-state index is 0.668. The largest absolute Gasteiger partial charge is 0.311 e. The lowest BCUT2D eigenvalue weighted by Crippen LogP contribution is -2.40. The van der Waals surface area contributed by atoms with Crippen LogP contribution in [-0.2, 0) is 0 Å². The zero-order valence-electron chi connectivity index (χ0n) is 9.22. The molecule has 0 aromatic heterocycles. The van der Waals surface area contributed by atoms with Crippen LogP contribution in [0.5, 0.6) is 0 Å². The van der Waals surface area contributed by atoms with Crippen LogP contribution in [0.3, 0.4) is 0 Å². The molecule has 13 heavy (non-hydrogen) atoms. The standard InChI is InChI=1S/C12H23N/c1-4-10(2)11(3)13-12-8-6-5-7-9-12/h5-6,10-13H,4,7-9H2,1-3H3. The van der Waals surface area contributed by atoms with Gasteiger partial charge in [0.1, 0.15) is 0 Å². The average Bonchev–Trinajstić information content (AvgIpc) is 2.18. The SMILES string of the molecule is CCC(C)C(C)NC1CC=CCC1. The Balaban J connectivity index is 2.26. The summed E-state index contributed by atoms with van der Waals surface area (Å²) >= 11 is 0. The molecule has 76 valence electrons. The van der Waals surface area contributed by atoms with Crippen LogP contribution in [0, 0.1) is 5.92 Å². The van der Waals surface area contributed by atoms with Crippen molar-refractivity contribution in [2.45, 2.75) is 58.5 Å². The molecular weight excluding hydrogens is 158 g/mol. The van der Waals surface area contributed by atoms with E-state index in [0.29, 0.717) is 6.04 Å². The Morgan fingerprint density at radius 3 is 2.69 bits per heavy atom. The number of hydrogen-bond acceptors (Lipinski definition) is 1. The minimum Gasteiger partial charge on any atom is -0.311 e. The van der Waals surface area contributed by atoms with E-state index >= 15 is 0 Å². The molecule has 0 aromatic carbocycles. The predicted molar refractivity (Wildman–Crippen MR) is 58.8 cm³/mol. The first-order valence-electron chi connectivity index (χ1n) is 5.65. The fraction of sp³-hybridized carbons (Fsp3) is 0.833. The molecule has 0 bridgehead atoms. The van der Waals surface area contributed by atoms with Crippen molar-refractivity contribution >= 4 is 0 Å². The predicted octanol–water partition coefficient (Wildman–Crippen LogP) is 3.12. The highest BCUT2D eigenvalue weighted by Gasteiger charge is 2.15. The van der Waals surface area contributed by atoms with Gasteiger partial charge in [-0.25, -0.2) is 0 Å². The Hall–Kier alpha value is -0.300. The third-order valence-corrected chi connectivity index (χ3v) is 3.27. The van der Waals surface area contributed by atoms with Crippen LogP contribution in [0.2, 0.25) is 0 Å². The number of rotatable bonds is 4. The third kappa shape index (κ3) is 3.51. The molecule has 0 aromatic rings. The molecule has 1 aliphatic rings. The lowest BCUT2D eigenvalue weighted by Gasteiger charge is -2.27. The third-order valence-electron chi connectivity index (χ3n) is 3.27. The first kappa shape index (κ1) is 10.8. The van der Waals surface area contributed by atoms with Crippen LogP contribution in [0.1, 0.15) is 46.5 Å². The second kappa shape index (κ2) is 5.43. The molecule has 1 N–H and O–H groups in total. The number of allylic oxidation sites excluding steroid dienone is 1. The summed E-state index contributed by atoms with van der Waals surface area (Å²) in [5.41, 5.74) is 0.